The number of hydrogen-bond donors (Lipinski definition) is 1. The minimum atomic E-state index is 0.456. The molecule has 0 radical (unpaired) electrons. The van der Waals surface area contributed by atoms with Gasteiger partial charge in [-0.05, 0) is 33.1 Å². The predicted molar refractivity (Wildman–Crippen MR) is 63.7 cm³/mol. The van der Waals surface area contributed by atoms with Gasteiger partial charge in [-0.15, -0.1) is 0 Å². The molecule has 1 N–H and O–H groups in total. The van der Waals surface area contributed by atoms with Crippen LogP contribution >= 0.6 is 0 Å². The lowest BCUT2D eigenvalue weighted by molar-refractivity contribution is 0.0120. The van der Waals surface area contributed by atoms with E-state index in [1.165, 1.54) is 19.3 Å². The zero-order chi connectivity index (χ0) is 11.3. The molecule has 1 heterocycles. The van der Waals surface area contributed by atoms with E-state index >= 15 is 0 Å². The van der Waals surface area contributed by atoms with E-state index in [4.69, 9.17) is 4.74 Å². The van der Waals surface area contributed by atoms with E-state index in [2.05, 4.69) is 31.2 Å². The standard InChI is InChI=1S/C12H26N2O/c1-5-12(9-15-4)13-14-10(2)7-6-8-11(14)3/h10-13H,5-9H2,1-4H3. The van der Waals surface area contributed by atoms with Gasteiger partial charge < -0.3 is 4.74 Å². The van der Waals surface area contributed by atoms with Crippen molar-refractivity contribution in [2.24, 2.45) is 0 Å². The fraction of sp³-hybridized carbons (Fsp3) is 1.00. The first-order valence-electron chi connectivity index (χ1n) is 6.22. The van der Waals surface area contributed by atoms with Crippen molar-refractivity contribution in [2.75, 3.05) is 13.7 Å². The van der Waals surface area contributed by atoms with E-state index in [-0.39, 0.29) is 0 Å². The Labute approximate surface area is 94.1 Å². The van der Waals surface area contributed by atoms with Crippen LogP contribution in [0.15, 0.2) is 0 Å². The molecule has 1 aliphatic rings. The highest BCUT2D eigenvalue weighted by atomic mass is 16.5. The topological polar surface area (TPSA) is 24.5 Å². The average molecular weight is 214 g/mol. The fourth-order valence-corrected chi connectivity index (χ4v) is 2.33. The van der Waals surface area contributed by atoms with Gasteiger partial charge in [0, 0.05) is 25.2 Å². The molecule has 15 heavy (non-hydrogen) atoms. The van der Waals surface area contributed by atoms with Gasteiger partial charge in [0.25, 0.3) is 0 Å². The second-order valence-corrected chi connectivity index (χ2v) is 4.73. The van der Waals surface area contributed by atoms with Gasteiger partial charge >= 0.3 is 0 Å². The van der Waals surface area contributed by atoms with E-state index in [1.807, 2.05) is 0 Å². The average Bonchev–Trinajstić information content (AvgIpc) is 2.22. The molecule has 0 spiro atoms. The Hall–Kier alpha value is -0.120. The molecule has 1 fully saturated rings. The Kier molecular flexibility index (Phi) is 5.58. The lowest BCUT2D eigenvalue weighted by Crippen LogP contribution is -2.56. The maximum atomic E-state index is 5.22. The summed E-state index contributed by atoms with van der Waals surface area (Å²) in [6.07, 6.45) is 5.09. The Morgan fingerprint density at radius 2 is 1.93 bits per heavy atom. The summed E-state index contributed by atoms with van der Waals surface area (Å²) in [6.45, 7) is 7.62. The first-order valence-corrected chi connectivity index (χ1v) is 6.22. The van der Waals surface area contributed by atoms with E-state index in [0.717, 1.165) is 13.0 Å². The van der Waals surface area contributed by atoms with Crippen LogP contribution in [0, 0.1) is 0 Å². The zero-order valence-electron chi connectivity index (χ0n) is 10.6. The molecule has 3 atom stereocenters. The van der Waals surface area contributed by atoms with Crippen molar-refractivity contribution in [3.63, 3.8) is 0 Å². The lowest BCUT2D eigenvalue weighted by Gasteiger charge is -2.41. The summed E-state index contributed by atoms with van der Waals surface area (Å²) in [5, 5.41) is 2.43. The molecular formula is C12H26N2O. The first kappa shape index (κ1) is 12.9. The number of ether oxygens (including phenoxy) is 1. The largest absolute Gasteiger partial charge is 0.383 e. The summed E-state index contributed by atoms with van der Waals surface area (Å²) < 4.78 is 5.22. The van der Waals surface area contributed by atoms with Gasteiger partial charge in [0.15, 0.2) is 0 Å². The van der Waals surface area contributed by atoms with Gasteiger partial charge in [-0.1, -0.05) is 13.3 Å². The van der Waals surface area contributed by atoms with Crippen LogP contribution in [0.4, 0.5) is 0 Å². The second kappa shape index (κ2) is 6.46. The first-order chi connectivity index (χ1) is 7.19. The number of hydrogen-bond acceptors (Lipinski definition) is 3. The summed E-state index contributed by atoms with van der Waals surface area (Å²) in [7, 11) is 1.77. The molecule has 0 aromatic heterocycles. The Bertz CT molecular complexity index is 165. The molecular weight excluding hydrogens is 188 g/mol. The van der Waals surface area contributed by atoms with Gasteiger partial charge in [-0.25, -0.2) is 10.4 Å². The highest BCUT2D eigenvalue weighted by molar-refractivity contribution is 4.78. The van der Waals surface area contributed by atoms with Crippen LogP contribution in [0.25, 0.3) is 0 Å². The Morgan fingerprint density at radius 1 is 1.33 bits per heavy atom. The molecule has 1 aliphatic heterocycles. The van der Waals surface area contributed by atoms with Crippen molar-refractivity contribution in [1.29, 1.82) is 0 Å². The van der Waals surface area contributed by atoms with Gasteiger partial charge in [0.05, 0.1) is 6.61 Å². The SMILES string of the molecule is CCC(COC)NN1C(C)CCCC1C. The molecule has 0 saturated carbocycles. The lowest BCUT2D eigenvalue weighted by atomic mass is 9.99. The summed E-state index contributed by atoms with van der Waals surface area (Å²) >= 11 is 0. The predicted octanol–water partition coefficient (Wildman–Crippen LogP) is 2.18. The van der Waals surface area contributed by atoms with E-state index < -0.39 is 0 Å². The molecule has 3 unspecified atom stereocenters. The quantitative estimate of drug-likeness (QED) is 0.759. The van der Waals surface area contributed by atoms with Gasteiger partial charge in [0.1, 0.15) is 0 Å². The third kappa shape index (κ3) is 3.74. The van der Waals surface area contributed by atoms with Crippen LogP contribution < -0.4 is 5.43 Å². The molecule has 0 aromatic rings. The maximum Gasteiger partial charge on any atom is 0.0629 e. The molecule has 0 bridgehead atoms. The fourth-order valence-electron chi connectivity index (χ4n) is 2.33. The van der Waals surface area contributed by atoms with Crippen LogP contribution in [0.1, 0.15) is 46.5 Å². The number of hydrazine groups is 1. The van der Waals surface area contributed by atoms with E-state index in [0.29, 0.717) is 18.1 Å². The minimum absolute atomic E-state index is 0.456. The third-order valence-electron chi connectivity index (χ3n) is 3.39. The monoisotopic (exact) mass is 214 g/mol. The van der Waals surface area contributed by atoms with Crippen molar-refractivity contribution in [1.82, 2.24) is 10.4 Å². The second-order valence-electron chi connectivity index (χ2n) is 4.73. The van der Waals surface area contributed by atoms with Crippen LogP contribution in [0.3, 0.4) is 0 Å². The number of piperidine rings is 1. The maximum absolute atomic E-state index is 5.22. The Balaban J connectivity index is 2.45. The van der Waals surface area contributed by atoms with Crippen LogP contribution in [0.5, 0.6) is 0 Å². The van der Waals surface area contributed by atoms with E-state index in [9.17, 15) is 0 Å². The van der Waals surface area contributed by atoms with E-state index in [1.54, 1.807) is 7.11 Å². The third-order valence-corrected chi connectivity index (χ3v) is 3.39. The molecule has 0 aromatic carbocycles. The normalized spacial score (nSPS) is 30.4. The number of nitrogens with zero attached hydrogens (tertiary/aromatic N) is 1. The van der Waals surface area contributed by atoms with Crippen molar-refractivity contribution < 1.29 is 4.74 Å². The van der Waals surface area contributed by atoms with Crippen molar-refractivity contribution >= 4 is 0 Å². The molecule has 3 heteroatoms. The number of methoxy groups -OCH3 is 1. The summed E-state index contributed by atoms with van der Waals surface area (Å²) in [4.78, 5) is 0. The van der Waals surface area contributed by atoms with Crippen LogP contribution in [-0.2, 0) is 4.74 Å². The van der Waals surface area contributed by atoms with Gasteiger partial charge in [-0.3, -0.25) is 0 Å². The smallest absolute Gasteiger partial charge is 0.0629 e. The van der Waals surface area contributed by atoms with Crippen LogP contribution in [-0.4, -0.2) is 36.9 Å². The van der Waals surface area contributed by atoms with Crippen molar-refractivity contribution in [3.05, 3.63) is 0 Å². The molecule has 0 aliphatic carbocycles. The molecule has 90 valence electrons. The van der Waals surface area contributed by atoms with Crippen molar-refractivity contribution in [3.8, 4) is 0 Å². The van der Waals surface area contributed by atoms with Gasteiger partial charge in [-0.2, -0.15) is 0 Å². The van der Waals surface area contributed by atoms with Crippen molar-refractivity contribution in [2.45, 2.75) is 64.6 Å². The molecule has 1 rings (SSSR count). The minimum Gasteiger partial charge on any atom is -0.383 e. The molecule has 1 saturated heterocycles. The van der Waals surface area contributed by atoms with Crippen LogP contribution in [0.2, 0.25) is 0 Å². The molecule has 0 amide bonds. The number of rotatable bonds is 5. The highest BCUT2D eigenvalue weighted by Gasteiger charge is 2.26. The highest BCUT2D eigenvalue weighted by Crippen LogP contribution is 2.20. The summed E-state index contributed by atoms with van der Waals surface area (Å²) in [5.74, 6) is 0. The summed E-state index contributed by atoms with van der Waals surface area (Å²) in [5.41, 5.74) is 3.61. The van der Waals surface area contributed by atoms with Gasteiger partial charge in [0.2, 0.25) is 0 Å². The molecule has 3 nitrogen and oxygen atoms in total. The Morgan fingerprint density at radius 3 is 2.40 bits per heavy atom. The zero-order valence-corrected chi connectivity index (χ0v) is 10.6. The summed E-state index contributed by atoms with van der Waals surface area (Å²) in [6, 6.07) is 1.76. The number of nitrogens with one attached hydrogen (secondary N) is 1.